The van der Waals surface area contributed by atoms with E-state index in [0.717, 1.165) is 24.3 Å². The topological polar surface area (TPSA) is 62.1 Å². The number of nitrogens with one attached hydrogen (secondary N) is 1. The van der Waals surface area contributed by atoms with Gasteiger partial charge in [0.1, 0.15) is 11.3 Å². The number of amides is 1. The van der Waals surface area contributed by atoms with Gasteiger partial charge in [-0.2, -0.15) is 17.0 Å². The molecule has 1 aliphatic carbocycles. The maximum Gasteiger partial charge on any atom is 0.252 e. The number of hydrogen-bond donors (Lipinski definition) is 1. The second-order valence-electron chi connectivity index (χ2n) is 6.00. The minimum absolute atomic E-state index is 0.194. The molecule has 0 aromatic heterocycles. The Bertz CT molecular complexity index is 585. The van der Waals surface area contributed by atoms with Crippen molar-refractivity contribution in [3.05, 3.63) is 29.8 Å². The predicted molar refractivity (Wildman–Crippen MR) is 87.1 cm³/mol. The van der Waals surface area contributed by atoms with Gasteiger partial charge in [-0.05, 0) is 56.1 Å². The lowest BCUT2D eigenvalue weighted by Gasteiger charge is -2.21. The Morgan fingerprint density at radius 2 is 2.23 bits per heavy atom. The fourth-order valence-corrected chi connectivity index (χ4v) is 4.25. The van der Waals surface area contributed by atoms with Crippen LogP contribution < -0.4 is 10.1 Å². The summed E-state index contributed by atoms with van der Waals surface area (Å²) < 4.78 is 5.94. The number of carbonyl (C=O) groups is 1. The highest BCUT2D eigenvalue weighted by Gasteiger charge is 2.36. The molecule has 5 heteroatoms. The van der Waals surface area contributed by atoms with Gasteiger partial charge in [-0.25, -0.2) is 0 Å². The van der Waals surface area contributed by atoms with Crippen molar-refractivity contribution >= 4 is 17.7 Å². The van der Waals surface area contributed by atoms with E-state index in [1.165, 1.54) is 12.8 Å². The van der Waals surface area contributed by atoms with Gasteiger partial charge >= 0.3 is 0 Å². The van der Waals surface area contributed by atoms with Crippen molar-refractivity contribution < 1.29 is 9.53 Å². The molecule has 1 saturated carbocycles. The number of benzene rings is 1. The molecule has 1 unspecified atom stereocenters. The molecule has 1 atom stereocenters. The third-order valence-electron chi connectivity index (χ3n) is 4.29. The molecule has 1 saturated heterocycles. The van der Waals surface area contributed by atoms with Gasteiger partial charge in [0.05, 0.1) is 12.2 Å². The Labute approximate surface area is 135 Å². The van der Waals surface area contributed by atoms with Crippen molar-refractivity contribution in [3.63, 3.8) is 0 Å². The maximum atomic E-state index is 12.4. The van der Waals surface area contributed by atoms with E-state index in [9.17, 15) is 10.1 Å². The molecular weight excluding hydrogens is 296 g/mol. The largest absolute Gasteiger partial charge is 0.490 e. The van der Waals surface area contributed by atoms with Crippen molar-refractivity contribution in [3.8, 4) is 11.8 Å². The van der Waals surface area contributed by atoms with Crippen molar-refractivity contribution in [2.24, 2.45) is 0 Å². The number of ether oxygens (including phenoxy) is 1. The zero-order valence-corrected chi connectivity index (χ0v) is 13.3. The van der Waals surface area contributed by atoms with Crippen LogP contribution in [-0.2, 0) is 0 Å². The average Bonchev–Trinajstić information content (AvgIpc) is 3.20. The first kappa shape index (κ1) is 15.2. The van der Waals surface area contributed by atoms with Crippen molar-refractivity contribution in [1.29, 1.82) is 5.26 Å². The van der Waals surface area contributed by atoms with Crippen LogP contribution in [0.25, 0.3) is 0 Å². The molecule has 1 heterocycles. The second kappa shape index (κ2) is 6.62. The molecule has 0 bridgehead atoms. The Morgan fingerprint density at radius 1 is 1.41 bits per heavy atom. The van der Waals surface area contributed by atoms with Crippen molar-refractivity contribution in [1.82, 2.24) is 5.32 Å². The third kappa shape index (κ3) is 3.38. The third-order valence-corrected chi connectivity index (χ3v) is 5.48. The van der Waals surface area contributed by atoms with E-state index in [1.807, 2.05) is 12.1 Å². The normalized spacial score (nSPS) is 24.9. The van der Waals surface area contributed by atoms with Gasteiger partial charge in [-0.1, -0.05) is 6.07 Å². The van der Waals surface area contributed by atoms with Gasteiger partial charge in [0, 0.05) is 11.3 Å². The number of thioether (sulfide) groups is 1. The monoisotopic (exact) mass is 316 g/mol. The SMILES string of the molecule is N#CC1(NC(=O)c2cccc(OC3CCCC3)c2)CCSC1. The summed E-state index contributed by atoms with van der Waals surface area (Å²) in [5.41, 5.74) is -0.161. The standard InChI is InChI=1S/C17H20N2O2S/c18-11-17(8-9-22-12-17)19-16(20)13-4-3-7-15(10-13)21-14-5-1-2-6-14/h3-4,7,10,14H,1-2,5-6,8-9,12H2,(H,19,20). The Hall–Kier alpha value is -1.67. The van der Waals surface area contributed by atoms with Crippen LogP contribution in [0.15, 0.2) is 24.3 Å². The van der Waals surface area contributed by atoms with Crippen LogP contribution in [0.2, 0.25) is 0 Å². The summed E-state index contributed by atoms with van der Waals surface area (Å²) in [6.45, 7) is 0. The molecule has 2 aliphatic rings. The summed E-state index contributed by atoms with van der Waals surface area (Å²) in [6.07, 6.45) is 5.59. The van der Waals surface area contributed by atoms with E-state index in [-0.39, 0.29) is 12.0 Å². The quantitative estimate of drug-likeness (QED) is 0.927. The summed E-state index contributed by atoms with van der Waals surface area (Å²) in [4.78, 5) is 12.4. The van der Waals surface area contributed by atoms with Crippen LogP contribution >= 0.6 is 11.8 Å². The Morgan fingerprint density at radius 3 is 2.91 bits per heavy atom. The first-order chi connectivity index (χ1) is 10.7. The van der Waals surface area contributed by atoms with Crippen molar-refractivity contribution in [2.45, 2.75) is 43.7 Å². The lowest BCUT2D eigenvalue weighted by Crippen LogP contribution is -2.47. The first-order valence-electron chi connectivity index (χ1n) is 7.79. The van der Waals surface area contributed by atoms with Crippen LogP contribution in [0, 0.1) is 11.3 Å². The lowest BCUT2D eigenvalue weighted by molar-refractivity contribution is 0.0925. The molecule has 1 N–H and O–H groups in total. The molecule has 22 heavy (non-hydrogen) atoms. The van der Waals surface area contributed by atoms with Crippen LogP contribution in [0.1, 0.15) is 42.5 Å². The minimum atomic E-state index is -0.718. The summed E-state index contributed by atoms with van der Waals surface area (Å²) in [6, 6.07) is 9.54. The summed E-state index contributed by atoms with van der Waals surface area (Å²) in [5, 5.41) is 12.3. The molecular formula is C17H20N2O2S. The van der Waals surface area contributed by atoms with E-state index in [0.29, 0.717) is 17.7 Å². The van der Waals surface area contributed by atoms with E-state index >= 15 is 0 Å². The molecule has 3 rings (SSSR count). The van der Waals surface area contributed by atoms with Gasteiger partial charge in [0.2, 0.25) is 0 Å². The predicted octanol–water partition coefficient (Wildman–Crippen LogP) is 3.14. The molecule has 116 valence electrons. The smallest absolute Gasteiger partial charge is 0.252 e. The lowest BCUT2D eigenvalue weighted by atomic mass is 10.0. The number of hydrogen-bond acceptors (Lipinski definition) is 4. The number of nitrogens with zero attached hydrogens (tertiary/aromatic N) is 1. The molecule has 4 nitrogen and oxygen atoms in total. The van der Waals surface area contributed by atoms with Crippen LogP contribution in [0.5, 0.6) is 5.75 Å². The van der Waals surface area contributed by atoms with Crippen LogP contribution in [-0.4, -0.2) is 29.1 Å². The van der Waals surface area contributed by atoms with Crippen LogP contribution in [0.4, 0.5) is 0 Å². The highest BCUT2D eigenvalue weighted by atomic mass is 32.2. The molecule has 0 spiro atoms. The number of carbonyl (C=O) groups excluding carboxylic acids is 1. The Balaban J connectivity index is 1.68. The molecule has 1 aliphatic heterocycles. The van der Waals surface area contributed by atoms with Gasteiger partial charge in [-0.3, -0.25) is 4.79 Å². The van der Waals surface area contributed by atoms with Gasteiger partial charge < -0.3 is 10.1 Å². The van der Waals surface area contributed by atoms with Crippen LogP contribution in [0.3, 0.4) is 0 Å². The van der Waals surface area contributed by atoms with E-state index in [4.69, 9.17) is 4.74 Å². The molecule has 1 amide bonds. The zero-order chi connectivity index (χ0) is 15.4. The zero-order valence-electron chi connectivity index (χ0n) is 12.5. The average molecular weight is 316 g/mol. The fraction of sp³-hybridized carbons (Fsp3) is 0.529. The van der Waals surface area contributed by atoms with Gasteiger partial charge in [0.15, 0.2) is 0 Å². The highest BCUT2D eigenvalue weighted by molar-refractivity contribution is 7.99. The summed E-state index contributed by atoms with van der Waals surface area (Å²) in [7, 11) is 0. The van der Waals surface area contributed by atoms with E-state index < -0.39 is 5.54 Å². The summed E-state index contributed by atoms with van der Waals surface area (Å²) >= 11 is 1.71. The molecule has 2 fully saturated rings. The molecule has 1 aromatic rings. The number of nitriles is 1. The minimum Gasteiger partial charge on any atom is -0.490 e. The highest BCUT2D eigenvalue weighted by Crippen LogP contribution is 2.28. The van der Waals surface area contributed by atoms with Crippen molar-refractivity contribution in [2.75, 3.05) is 11.5 Å². The molecule has 1 aromatic carbocycles. The second-order valence-corrected chi connectivity index (χ2v) is 7.11. The first-order valence-corrected chi connectivity index (χ1v) is 8.94. The maximum absolute atomic E-state index is 12.4. The Kier molecular flexibility index (Phi) is 4.58. The van der Waals surface area contributed by atoms with E-state index in [2.05, 4.69) is 11.4 Å². The molecule has 0 radical (unpaired) electrons. The van der Waals surface area contributed by atoms with E-state index in [1.54, 1.807) is 23.9 Å². The number of rotatable bonds is 4. The fourth-order valence-electron chi connectivity index (χ4n) is 2.98. The van der Waals surface area contributed by atoms with Gasteiger partial charge in [0.25, 0.3) is 5.91 Å². The summed E-state index contributed by atoms with van der Waals surface area (Å²) in [5.74, 6) is 2.12. The van der Waals surface area contributed by atoms with Gasteiger partial charge in [-0.15, -0.1) is 0 Å².